The highest BCUT2D eigenvalue weighted by Crippen LogP contribution is 2.19. The van der Waals surface area contributed by atoms with Gasteiger partial charge < -0.3 is 10.0 Å². The molecule has 2 rings (SSSR count). The van der Waals surface area contributed by atoms with E-state index in [9.17, 15) is 9.90 Å². The van der Waals surface area contributed by atoms with Gasteiger partial charge in [0.05, 0.1) is 6.10 Å². The van der Waals surface area contributed by atoms with E-state index in [0.29, 0.717) is 24.5 Å². The Labute approximate surface area is 112 Å². The molecule has 0 spiro atoms. The van der Waals surface area contributed by atoms with Crippen LogP contribution in [0.5, 0.6) is 0 Å². The average molecular weight is 268 g/mol. The van der Waals surface area contributed by atoms with E-state index in [1.54, 1.807) is 17.0 Å². The minimum absolute atomic E-state index is 0.0120. The normalized spacial score (nSPS) is 24.1. The van der Waals surface area contributed by atoms with Crippen molar-refractivity contribution in [2.24, 2.45) is 5.92 Å². The van der Waals surface area contributed by atoms with E-state index in [-0.39, 0.29) is 11.8 Å². The second-order valence-electron chi connectivity index (χ2n) is 4.92. The Bertz CT molecular complexity index is 418. The van der Waals surface area contributed by atoms with Gasteiger partial charge in [0.15, 0.2) is 0 Å². The third kappa shape index (κ3) is 2.85. The molecule has 98 valence electrons. The van der Waals surface area contributed by atoms with Crippen LogP contribution in [0.3, 0.4) is 0 Å². The molecule has 3 nitrogen and oxygen atoms in total. The fraction of sp³-hybridized carbons (Fsp3) is 0.500. The number of benzene rings is 1. The van der Waals surface area contributed by atoms with Crippen LogP contribution < -0.4 is 0 Å². The van der Waals surface area contributed by atoms with E-state index in [4.69, 9.17) is 11.6 Å². The number of hydrogen-bond donors (Lipinski definition) is 1. The number of nitrogens with zero attached hydrogens (tertiary/aromatic N) is 1. The summed E-state index contributed by atoms with van der Waals surface area (Å²) in [5, 5.41) is 9.81. The van der Waals surface area contributed by atoms with E-state index < -0.39 is 6.10 Å². The van der Waals surface area contributed by atoms with E-state index in [1.807, 2.05) is 19.1 Å². The predicted molar refractivity (Wildman–Crippen MR) is 71.7 cm³/mol. The first-order valence-electron chi connectivity index (χ1n) is 6.24. The van der Waals surface area contributed by atoms with Crippen LogP contribution in [0.2, 0.25) is 0 Å². The summed E-state index contributed by atoms with van der Waals surface area (Å²) in [5.74, 6) is 0.712. The molecule has 2 unspecified atom stereocenters. The molecule has 1 heterocycles. The Kier molecular flexibility index (Phi) is 4.25. The highest BCUT2D eigenvalue weighted by atomic mass is 35.5. The largest absolute Gasteiger partial charge is 0.391 e. The van der Waals surface area contributed by atoms with E-state index in [0.717, 1.165) is 12.0 Å². The molecule has 1 fully saturated rings. The van der Waals surface area contributed by atoms with Crippen molar-refractivity contribution in [2.45, 2.75) is 25.3 Å². The molecule has 1 aliphatic heterocycles. The van der Waals surface area contributed by atoms with Crippen LogP contribution in [0.1, 0.15) is 29.3 Å². The van der Waals surface area contributed by atoms with Gasteiger partial charge in [0.25, 0.3) is 5.91 Å². The van der Waals surface area contributed by atoms with Crippen LogP contribution in [-0.2, 0) is 5.88 Å². The van der Waals surface area contributed by atoms with E-state index >= 15 is 0 Å². The minimum atomic E-state index is -0.412. The highest BCUT2D eigenvalue weighted by molar-refractivity contribution is 6.17. The van der Waals surface area contributed by atoms with Gasteiger partial charge in [-0.25, -0.2) is 0 Å². The number of aliphatic hydroxyl groups excluding tert-OH is 1. The van der Waals surface area contributed by atoms with Crippen molar-refractivity contribution in [2.75, 3.05) is 13.1 Å². The second-order valence-corrected chi connectivity index (χ2v) is 5.18. The molecule has 0 saturated carbocycles. The Morgan fingerprint density at radius 1 is 1.44 bits per heavy atom. The molecule has 1 N–H and O–H groups in total. The lowest BCUT2D eigenvalue weighted by Gasteiger charge is -2.34. The monoisotopic (exact) mass is 267 g/mol. The van der Waals surface area contributed by atoms with Gasteiger partial charge >= 0.3 is 0 Å². The van der Waals surface area contributed by atoms with Gasteiger partial charge in [0, 0.05) is 24.5 Å². The van der Waals surface area contributed by atoms with Gasteiger partial charge in [-0.2, -0.15) is 0 Å². The van der Waals surface area contributed by atoms with Crippen LogP contribution >= 0.6 is 11.6 Å². The minimum Gasteiger partial charge on any atom is -0.391 e. The second kappa shape index (κ2) is 5.72. The maximum Gasteiger partial charge on any atom is 0.253 e. The third-order valence-electron chi connectivity index (χ3n) is 3.56. The van der Waals surface area contributed by atoms with Crippen molar-refractivity contribution < 1.29 is 9.90 Å². The van der Waals surface area contributed by atoms with Crippen molar-refractivity contribution in [3.63, 3.8) is 0 Å². The van der Waals surface area contributed by atoms with Crippen LogP contribution in [0.15, 0.2) is 24.3 Å². The lowest BCUT2D eigenvalue weighted by molar-refractivity contribution is 0.0248. The number of amides is 1. The third-order valence-corrected chi connectivity index (χ3v) is 3.87. The molecule has 1 amide bonds. The van der Waals surface area contributed by atoms with Crippen LogP contribution in [0, 0.1) is 5.92 Å². The van der Waals surface area contributed by atoms with Gasteiger partial charge in [-0.1, -0.05) is 19.1 Å². The van der Waals surface area contributed by atoms with Crippen LogP contribution in [0.4, 0.5) is 0 Å². The SMILES string of the molecule is CC1CCN(C(=O)c2ccc(CCl)cc2)CC1O. The summed E-state index contributed by atoms with van der Waals surface area (Å²) in [4.78, 5) is 14.0. The molecule has 0 aliphatic carbocycles. The van der Waals surface area contributed by atoms with Gasteiger partial charge in [-0.3, -0.25) is 4.79 Å². The lowest BCUT2D eigenvalue weighted by Crippen LogP contribution is -2.45. The molecule has 4 heteroatoms. The summed E-state index contributed by atoms with van der Waals surface area (Å²) >= 11 is 5.71. The van der Waals surface area contributed by atoms with Crippen molar-refractivity contribution in [1.82, 2.24) is 4.90 Å². The Morgan fingerprint density at radius 3 is 2.67 bits per heavy atom. The molecule has 1 aromatic carbocycles. The molecule has 18 heavy (non-hydrogen) atoms. The topological polar surface area (TPSA) is 40.5 Å². The molecule has 0 bridgehead atoms. The summed E-state index contributed by atoms with van der Waals surface area (Å²) in [6, 6.07) is 7.32. The number of piperidine rings is 1. The number of hydrogen-bond acceptors (Lipinski definition) is 2. The van der Waals surface area contributed by atoms with Gasteiger partial charge in [0.1, 0.15) is 0 Å². The molecule has 1 saturated heterocycles. The summed E-state index contributed by atoms with van der Waals surface area (Å²) in [6.07, 6.45) is 0.442. The van der Waals surface area contributed by atoms with Gasteiger partial charge in [-0.15, -0.1) is 11.6 Å². The Balaban J connectivity index is 2.06. The van der Waals surface area contributed by atoms with Crippen molar-refractivity contribution in [3.8, 4) is 0 Å². The first kappa shape index (κ1) is 13.4. The zero-order valence-corrected chi connectivity index (χ0v) is 11.2. The number of carbonyl (C=O) groups excluding carboxylic acids is 1. The molecule has 1 aromatic rings. The summed E-state index contributed by atoms with van der Waals surface area (Å²) in [6.45, 7) is 3.16. The molecule has 0 radical (unpaired) electrons. The summed E-state index contributed by atoms with van der Waals surface area (Å²) in [7, 11) is 0. The van der Waals surface area contributed by atoms with Crippen molar-refractivity contribution >= 4 is 17.5 Å². The van der Waals surface area contributed by atoms with Crippen molar-refractivity contribution in [1.29, 1.82) is 0 Å². The van der Waals surface area contributed by atoms with Gasteiger partial charge in [-0.05, 0) is 30.0 Å². The highest BCUT2D eigenvalue weighted by Gasteiger charge is 2.27. The molecule has 1 aliphatic rings. The number of carbonyl (C=O) groups is 1. The zero-order valence-electron chi connectivity index (χ0n) is 10.5. The van der Waals surface area contributed by atoms with Gasteiger partial charge in [0.2, 0.25) is 0 Å². The standard InChI is InChI=1S/C14H18ClNO2/c1-10-6-7-16(9-13(10)17)14(18)12-4-2-11(8-15)3-5-12/h2-5,10,13,17H,6-9H2,1H3. The van der Waals surface area contributed by atoms with Crippen LogP contribution in [-0.4, -0.2) is 35.1 Å². The van der Waals surface area contributed by atoms with E-state index in [2.05, 4.69) is 0 Å². The number of halogens is 1. The Hall–Kier alpha value is -1.06. The smallest absolute Gasteiger partial charge is 0.253 e. The molecule has 2 atom stereocenters. The fourth-order valence-electron chi connectivity index (χ4n) is 2.15. The summed E-state index contributed by atoms with van der Waals surface area (Å²) < 4.78 is 0. The predicted octanol–water partition coefficient (Wildman–Crippen LogP) is 2.27. The number of likely N-dealkylation sites (tertiary alicyclic amines) is 1. The first-order chi connectivity index (χ1) is 8.61. The number of β-amino-alcohol motifs (C(OH)–C–C–N with tert-alkyl or cyclic N) is 1. The van der Waals surface area contributed by atoms with Crippen molar-refractivity contribution in [3.05, 3.63) is 35.4 Å². The van der Waals surface area contributed by atoms with E-state index in [1.165, 1.54) is 0 Å². The average Bonchev–Trinajstić information content (AvgIpc) is 2.41. The number of aliphatic hydroxyl groups is 1. The summed E-state index contributed by atoms with van der Waals surface area (Å²) in [5.41, 5.74) is 1.66. The molecular formula is C14H18ClNO2. The quantitative estimate of drug-likeness (QED) is 0.835. The lowest BCUT2D eigenvalue weighted by atomic mass is 9.95. The number of rotatable bonds is 2. The zero-order chi connectivity index (χ0) is 13.1. The molecular weight excluding hydrogens is 250 g/mol. The maximum atomic E-state index is 12.2. The maximum absolute atomic E-state index is 12.2. The molecule has 0 aromatic heterocycles. The first-order valence-corrected chi connectivity index (χ1v) is 6.77. The Morgan fingerprint density at radius 2 is 2.11 bits per heavy atom. The van der Waals surface area contributed by atoms with Crippen LogP contribution in [0.25, 0.3) is 0 Å². The number of alkyl halides is 1. The fourth-order valence-corrected chi connectivity index (χ4v) is 2.33.